The molecule has 2 heterocycles. The minimum absolute atomic E-state index is 0.0553. The molecule has 148 valence electrons. The minimum atomic E-state index is 0.0553. The van der Waals surface area contributed by atoms with Gasteiger partial charge in [-0.15, -0.1) is 0 Å². The topological polar surface area (TPSA) is 52.0 Å². The first-order valence-corrected chi connectivity index (χ1v) is 10.3. The summed E-state index contributed by atoms with van der Waals surface area (Å²) in [5, 5.41) is 5.39. The molecule has 5 heteroatoms. The van der Waals surface area contributed by atoms with Crippen LogP contribution in [0.3, 0.4) is 0 Å². The molecule has 0 aliphatic carbocycles. The summed E-state index contributed by atoms with van der Waals surface area (Å²) in [6.45, 7) is 2.66. The summed E-state index contributed by atoms with van der Waals surface area (Å²) in [5.74, 6) is 1.69. The highest BCUT2D eigenvalue weighted by Crippen LogP contribution is 2.33. The number of quaternary nitrogens is 1. The molecule has 0 aromatic heterocycles. The van der Waals surface area contributed by atoms with Gasteiger partial charge in [0, 0.05) is 24.1 Å². The lowest BCUT2D eigenvalue weighted by atomic mass is 10.0. The largest absolute Gasteiger partial charge is 0.486 e. The third kappa shape index (κ3) is 3.78. The molecule has 3 aromatic carbocycles. The molecular weight excluding hydrogens is 364 g/mol. The highest BCUT2D eigenvalue weighted by atomic mass is 16.6. The quantitative estimate of drug-likeness (QED) is 0.721. The van der Waals surface area contributed by atoms with Crippen molar-refractivity contribution in [3.05, 3.63) is 66.2 Å². The number of carbonyl (C=O) groups is 1. The smallest absolute Gasteiger partial charge is 0.279 e. The second-order valence-electron chi connectivity index (χ2n) is 7.79. The second kappa shape index (κ2) is 7.76. The number of ether oxygens (including phenoxy) is 2. The standard InChI is InChI=1S/C24H24N2O3/c27-24(25-20-9-7-17-4-1-2-5-18(17)14-20)16-26-11-3-6-21(26)19-8-10-22-23(15-19)29-13-12-28-22/h1-2,4-5,7-10,14-15,21H,3,6,11-13,16H2,(H,25,27)/p+1/t21-/m1/s1. The summed E-state index contributed by atoms with van der Waals surface area (Å²) >= 11 is 0. The lowest BCUT2D eigenvalue weighted by molar-refractivity contribution is -0.910. The molecule has 1 saturated heterocycles. The van der Waals surface area contributed by atoms with Crippen LogP contribution in [0.25, 0.3) is 10.8 Å². The van der Waals surface area contributed by atoms with Gasteiger partial charge >= 0.3 is 0 Å². The molecule has 0 spiro atoms. The fourth-order valence-electron chi connectivity index (χ4n) is 4.48. The van der Waals surface area contributed by atoms with Crippen molar-refractivity contribution in [1.29, 1.82) is 0 Å². The Morgan fingerprint density at radius 2 is 1.79 bits per heavy atom. The van der Waals surface area contributed by atoms with E-state index in [2.05, 4.69) is 29.6 Å². The van der Waals surface area contributed by atoms with Crippen molar-refractivity contribution >= 4 is 22.4 Å². The number of benzene rings is 3. The molecular formula is C24H25N2O3+. The Morgan fingerprint density at radius 3 is 2.69 bits per heavy atom. The summed E-state index contributed by atoms with van der Waals surface area (Å²) in [6, 6.07) is 20.7. The summed E-state index contributed by atoms with van der Waals surface area (Å²) in [7, 11) is 0. The molecule has 2 atom stereocenters. The van der Waals surface area contributed by atoms with Gasteiger partial charge in [-0.05, 0) is 41.1 Å². The molecule has 2 aliphatic heterocycles. The Kier molecular flexibility index (Phi) is 4.82. The molecule has 2 N–H and O–H groups in total. The monoisotopic (exact) mass is 389 g/mol. The number of hydrogen-bond donors (Lipinski definition) is 2. The van der Waals surface area contributed by atoms with Gasteiger partial charge in [-0.3, -0.25) is 4.79 Å². The molecule has 3 aromatic rings. The summed E-state index contributed by atoms with van der Waals surface area (Å²) in [5.41, 5.74) is 2.07. The van der Waals surface area contributed by atoms with E-state index >= 15 is 0 Å². The maximum absolute atomic E-state index is 12.7. The molecule has 0 bridgehead atoms. The van der Waals surface area contributed by atoms with Crippen molar-refractivity contribution in [2.24, 2.45) is 0 Å². The summed E-state index contributed by atoms with van der Waals surface area (Å²) < 4.78 is 11.4. The van der Waals surface area contributed by atoms with Crippen molar-refractivity contribution in [3.8, 4) is 11.5 Å². The van der Waals surface area contributed by atoms with Gasteiger partial charge in [0.2, 0.25) is 0 Å². The van der Waals surface area contributed by atoms with Gasteiger partial charge in [-0.2, -0.15) is 0 Å². The first kappa shape index (κ1) is 18.0. The Labute approximate surface area is 170 Å². The Morgan fingerprint density at radius 1 is 0.966 bits per heavy atom. The average Bonchev–Trinajstić information content (AvgIpc) is 3.21. The van der Waals surface area contributed by atoms with Crippen LogP contribution in [0.5, 0.6) is 11.5 Å². The van der Waals surface area contributed by atoms with Crippen molar-refractivity contribution in [2.75, 3.05) is 31.6 Å². The maximum Gasteiger partial charge on any atom is 0.279 e. The van der Waals surface area contributed by atoms with Crippen molar-refractivity contribution in [3.63, 3.8) is 0 Å². The third-order valence-corrected chi connectivity index (χ3v) is 5.87. The van der Waals surface area contributed by atoms with Gasteiger partial charge in [0.25, 0.3) is 5.91 Å². The summed E-state index contributed by atoms with van der Waals surface area (Å²) in [6.07, 6.45) is 2.20. The van der Waals surface area contributed by atoms with Gasteiger partial charge < -0.3 is 19.7 Å². The highest BCUT2D eigenvalue weighted by Gasteiger charge is 2.32. The van der Waals surface area contributed by atoms with Gasteiger partial charge in [0.1, 0.15) is 19.3 Å². The molecule has 5 nitrogen and oxygen atoms in total. The van der Waals surface area contributed by atoms with Crippen LogP contribution in [-0.2, 0) is 4.79 Å². The normalized spacial score (nSPS) is 20.6. The first-order valence-electron chi connectivity index (χ1n) is 10.3. The molecule has 1 fully saturated rings. The summed E-state index contributed by atoms with van der Waals surface area (Å²) in [4.78, 5) is 14.0. The van der Waals surface area contributed by atoms with E-state index in [1.165, 1.54) is 15.8 Å². The molecule has 2 aliphatic rings. The molecule has 1 unspecified atom stereocenters. The molecule has 0 saturated carbocycles. The van der Waals surface area contributed by atoms with E-state index in [4.69, 9.17) is 9.47 Å². The molecule has 5 rings (SSSR count). The molecule has 29 heavy (non-hydrogen) atoms. The zero-order chi connectivity index (χ0) is 19.6. The number of anilines is 1. The lowest BCUT2D eigenvalue weighted by Crippen LogP contribution is -3.11. The van der Waals surface area contributed by atoms with Gasteiger partial charge in [-0.25, -0.2) is 0 Å². The van der Waals surface area contributed by atoms with Gasteiger partial charge in [0.15, 0.2) is 18.0 Å². The lowest BCUT2D eigenvalue weighted by Gasteiger charge is -2.24. The molecule has 0 radical (unpaired) electrons. The van der Waals surface area contributed by atoms with Crippen LogP contribution in [0.1, 0.15) is 24.4 Å². The minimum Gasteiger partial charge on any atom is -0.486 e. The number of hydrogen-bond acceptors (Lipinski definition) is 3. The van der Waals surface area contributed by atoms with E-state index in [1.807, 2.05) is 36.4 Å². The SMILES string of the molecule is O=C(C[NH+]1CCC[C@@H]1c1ccc2c(c1)OCCO2)Nc1ccc2ccccc2c1. The zero-order valence-electron chi connectivity index (χ0n) is 16.3. The number of fused-ring (bicyclic) bond motifs is 2. The average molecular weight is 389 g/mol. The van der Waals surface area contributed by atoms with Gasteiger partial charge in [-0.1, -0.05) is 30.3 Å². The number of nitrogens with one attached hydrogen (secondary N) is 2. The van der Waals surface area contributed by atoms with E-state index in [-0.39, 0.29) is 5.91 Å². The fraction of sp³-hybridized carbons (Fsp3) is 0.292. The Hall–Kier alpha value is -3.05. The number of amides is 1. The molecule has 1 amide bonds. The van der Waals surface area contributed by atoms with Gasteiger partial charge in [0.05, 0.1) is 6.54 Å². The van der Waals surface area contributed by atoms with E-state index in [0.29, 0.717) is 25.8 Å². The zero-order valence-corrected chi connectivity index (χ0v) is 16.3. The first-order chi connectivity index (χ1) is 14.3. The van der Waals surface area contributed by atoms with Crippen molar-refractivity contribution < 1.29 is 19.2 Å². The van der Waals surface area contributed by atoms with Crippen LogP contribution in [0.4, 0.5) is 5.69 Å². The van der Waals surface area contributed by atoms with E-state index < -0.39 is 0 Å². The number of rotatable bonds is 4. The van der Waals surface area contributed by atoms with E-state index in [9.17, 15) is 4.79 Å². The van der Waals surface area contributed by atoms with Crippen molar-refractivity contribution in [1.82, 2.24) is 0 Å². The van der Waals surface area contributed by atoms with Crippen LogP contribution < -0.4 is 19.7 Å². The second-order valence-corrected chi connectivity index (χ2v) is 7.79. The predicted molar refractivity (Wildman–Crippen MR) is 113 cm³/mol. The third-order valence-electron chi connectivity index (χ3n) is 5.87. The predicted octanol–water partition coefficient (Wildman–Crippen LogP) is 2.97. The van der Waals surface area contributed by atoms with Crippen LogP contribution in [-0.4, -0.2) is 32.2 Å². The number of carbonyl (C=O) groups excluding carboxylic acids is 1. The van der Waals surface area contributed by atoms with Crippen LogP contribution >= 0.6 is 0 Å². The van der Waals surface area contributed by atoms with Crippen molar-refractivity contribution in [2.45, 2.75) is 18.9 Å². The van der Waals surface area contributed by atoms with Crippen LogP contribution in [0.2, 0.25) is 0 Å². The Bertz CT molecular complexity index is 1050. The fourth-order valence-corrected chi connectivity index (χ4v) is 4.48. The Balaban J connectivity index is 1.28. The highest BCUT2D eigenvalue weighted by molar-refractivity contribution is 5.94. The van der Waals surface area contributed by atoms with Crippen LogP contribution in [0.15, 0.2) is 60.7 Å². The maximum atomic E-state index is 12.7. The van der Waals surface area contributed by atoms with E-state index in [1.54, 1.807) is 0 Å². The van der Waals surface area contributed by atoms with Crippen LogP contribution in [0, 0.1) is 0 Å². The van der Waals surface area contributed by atoms with E-state index in [0.717, 1.165) is 42.0 Å². The number of likely N-dealkylation sites (tertiary alicyclic amines) is 1.